The Balaban J connectivity index is 1.32. The number of aromatic nitrogens is 1. The molecule has 6 rings (SSSR count). The van der Waals surface area contributed by atoms with E-state index in [0.29, 0.717) is 24.5 Å². The zero-order chi connectivity index (χ0) is 41.3. The second-order valence-corrected chi connectivity index (χ2v) is 15.7. The summed E-state index contributed by atoms with van der Waals surface area (Å²) in [6.45, 7) is 4.54. The third-order valence-electron chi connectivity index (χ3n) is 9.74. The van der Waals surface area contributed by atoms with Crippen LogP contribution in [0.5, 0.6) is 0 Å². The van der Waals surface area contributed by atoms with Crippen molar-refractivity contribution < 1.29 is 32.3 Å². The smallest absolute Gasteiger partial charge is 0.378 e. The molecule has 300 valence electrons. The van der Waals surface area contributed by atoms with E-state index in [2.05, 4.69) is 32.5 Å². The first-order valence-electron chi connectivity index (χ1n) is 18.7. The number of hydrogen-bond donors (Lipinski definition) is 0. The fourth-order valence-electron chi connectivity index (χ4n) is 6.75. The van der Waals surface area contributed by atoms with Crippen LogP contribution in [0, 0.1) is 0 Å². The van der Waals surface area contributed by atoms with E-state index in [1.165, 1.54) is 30.0 Å². The van der Waals surface area contributed by atoms with Crippen LogP contribution in [0.4, 0.5) is 30.2 Å². The first-order valence-corrected chi connectivity index (χ1v) is 19.8. The number of benzene rings is 4. The molecule has 4 aromatic carbocycles. The summed E-state index contributed by atoms with van der Waals surface area (Å²) >= 11 is 2.08. The van der Waals surface area contributed by atoms with Gasteiger partial charge in [-0.25, -0.2) is 0 Å². The summed E-state index contributed by atoms with van der Waals surface area (Å²) in [6.07, 6.45) is -0.712. The number of likely N-dealkylation sites (N-methyl/N-ethyl adjacent to an activating group) is 1. The number of pyridine rings is 1. The van der Waals surface area contributed by atoms with Gasteiger partial charge < -0.3 is 19.4 Å². The van der Waals surface area contributed by atoms with Gasteiger partial charge in [0.05, 0.1) is 13.2 Å². The number of anilines is 3. The van der Waals surface area contributed by atoms with E-state index in [1.54, 1.807) is 16.8 Å². The Kier molecular flexibility index (Phi) is 13.6. The molecule has 0 aliphatic carbocycles. The van der Waals surface area contributed by atoms with Gasteiger partial charge in [0.15, 0.2) is 3.55 Å². The van der Waals surface area contributed by atoms with Gasteiger partial charge >= 0.3 is 6.18 Å². The first kappa shape index (κ1) is 42.1. The number of ether oxygens (including phenoxy) is 1. The summed E-state index contributed by atoms with van der Waals surface area (Å²) in [7, 11) is 1.68. The van der Waals surface area contributed by atoms with Crippen molar-refractivity contribution in [2.45, 2.75) is 36.2 Å². The zero-order valence-corrected chi connectivity index (χ0v) is 34.3. The molecule has 0 radical (unpaired) electrons. The van der Waals surface area contributed by atoms with Crippen LogP contribution in [-0.4, -0.2) is 69.4 Å². The Labute approximate surface area is 349 Å². The predicted molar refractivity (Wildman–Crippen MR) is 227 cm³/mol. The van der Waals surface area contributed by atoms with Crippen LogP contribution < -0.4 is 9.80 Å². The Bertz CT molecular complexity index is 2180. The quantitative estimate of drug-likeness (QED) is 0.0509. The number of morpholine rings is 1. The van der Waals surface area contributed by atoms with Crippen LogP contribution in [-0.2, 0) is 44.8 Å². The lowest BCUT2D eigenvalue weighted by Crippen LogP contribution is -2.57. The highest BCUT2D eigenvalue weighted by Crippen LogP contribution is 2.35. The maximum Gasteiger partial charge on any atom is 0.433 e. The van der Waals surface area contributed by atoms with Crippen molar-refractivity contribution in [1.29, 1.82) is 0 Å². The van der Waals surface area contributed by atoms with E-state index in [0.717, 1.165) is 53.4 Å². The van der Waals surface area contributed by atoms with Gasteiger partial charge in [-0.2, -0.15) is 13.2 Å². The molecule has 1 aliphatic rings. The monoisotopic (exact) mass is 901 g/mol. The van der Waals surface area contributed by atoms with Gasteiger partial charge in [0.25, 0.3) is 5.91 Å². The summed E-state index contributed by atoms with van der Waals surface area (Å²) in [4.78, 5) is 52.5. The van der Waals surface area contributed by atoms with E-state index in [9.17, 15) is 27.6 Å². The largest absolute Gasteiger partial charge is 0.433 e. The number of alkyl halides is 4. The Hall–Kier alpha value is -5.54. The number of halogens is 4. The molecule has 1 aliphatic heterocycles. The molecular formula is C45H43F3IN5O4. The zero-order valence-electron chi connectivity index (χ0n) is 32.1. The minimum Gasteiger partial charge on any atom is -0.378 e. The van der Waals surface area contributed by atoms with Crippen molar-refractivity contribution >= 4 is 63.5 Å². The number of rotatable bonds is 13. The molecule has 0 N–H and O–H groups in total. The Morgan fingerprint density at radius 2 is 1.36 bits per heavy atom. The summed E-state index contributed by atoms with van der Waals surface area (Å²) in [6, 6.07) is 36.1. The lowest BCUT2D eigenvalue weighted by Gasteiger charge is -2.40. The molecule has 1 unspecified atom stereocenters. The van der Waals surface area contributed by atoms with Crippen LogP contribution in [0.1, 0.15) is 34.9 Å². The second-order valence-electron chi connectivity index (χ2n) is 13.9. The van der Waals surface area contributed by atoms with Gasteiger partial charge in [0.1, 0.15) is 5.69 Å². The highest BCUT2D eigenvalue weighted by atomic mass is 127. The van der Waals surface area contributed by atoms with E-state index in [4.69, 9.17) is 4.74 Å². The third kappa shape index (κ3) is 10.5. The van der Waals surface area contributed by atoms with Gasteiger partial charge in [0.2, 0.25) is 11.8 Å². The average Bonchev–Trinajstić information content (AvgIpc) is 3.23. The van der Waals surface area contributed by atoms with Crippen molar-refractivity contribution in [2.75, 3.05) is 43.2 Å². The topological polar surface area (TPSA) is 86.3 Å². The molecule has 0 saturated carbocycles. The summed E-state index contributed by atoms with van der Waals surface area (Å²) < 4.78 is 43.7. The average molecular weight is 902 g/mol. The predicted octanol–water partition coefficient (Wildman–Crippen LogP) is 8.70. The molecule has 58 heavy (non-hydrogen) atoms. The number of nitrogens with zero attached hydrogens (tertiary/aromatic N) is 5. The lowest BCUT2D eigenvalue weighted by atomic mass is 10.0. The van der Waals surface area contributed by atoms with Crippen LogP contribution in [0.3, 0.4) is 0 Å². The molecule has 9 nitrogen and oxygen atoms in total. The number of carbonyl (C=O) groups excluding carboxylic acids is 3. The van der Waals surface area contributed by atoms with E-state index < -0.39 is 21.3 Å². The van der Waals surface area contributed by atoms with Crippen LogP contribution in [0.15, 0.2) is 134 Å². The minimum atomic E-state index is -4.60. The maximum absolute atomic E-state index is 14.9. The van der Waals surface area contributed by atoms with E-state index >= 15 is 0 Å². The molecule has 2 heterocycles. The Morgan fingerprint density at radius 3 is 1.95 bits per heavy atom. The molecule has 1 atom stereocenters. The molecule has 1 fully saturated rings. The molecule has 5 aromatic rings. The van der Waals surface area contributed by atoms with Crippen molar-refractivity contribution in [3.05, 3.63) is 162 Å². The van der Waals surface area contributed by atoms with Crippen molar-refractivity contribution in [2.24, 2.45) is 0 Å². The molecule has 13 heteroatoms. The lowest BCUT2D eigenvalue weighted by molar-refractivity contribution is -0.144. The summed E-state index contributed by atoms with van der Waals surface area (Å²) in [5.41, 5.74) is 4.09. The number of para-hydroxylation sites is 1. The number of amides is 3. The fraction of sp³-hybridized carbons (Fsp3) is 0.244. The fourth-order valence-corrected chi connectivity index (χ4v) is 8.01. The van der Waals surface area contributed by atoms with Gasteiger partial charge in [-0.1, -0.05) is 78.9 Å². The summed E-state index contributed by atoms with van der Waals surface area (Å²) in [5, 5.41) is 0. The molecule has 1 aromatic heterocycles. The van der Waals surface area contributed by atoms with E-state index in [1.807, 2.05) is 109 Å². The van der Waals surface area contributed by atoms with Crippen molar-refractivity contribution in [3.8, 4) is 0 Å². The molecule has 3 amide bonds. The highest BCUT2D eigenvalue weighted by Gasteiger charge is 2.45. The molecule has 0 spiro atoms. The number of hydrogen-bond acceptors (Lipinski definition) is 6. The van der Waals surface area contributed by atoms with Gasteiger partial charge in [-0.3, -0.25) is 24.3 Å². The molecule has 1 saturated heterocycles. The van der Waals surface area contributed by atoms with Gasteiger partial charge in [-0.15, -0.1) is 0 Å². The van der Waals surface area contributed by atoms with Crippen LogP contribution in [0.25, 0.3) is 6.08 Å². The SMILES string of the molecule is CC(=O)N(c1ccccc1)c1ccc(CN(C)C(=O)C(I)(Cc2ccccc2)N(Cc2ccc(N3CCOCC3)cc2)C(=O)C=Cc2ccc(C(F)(F)F)nc2)cc1. The maximum atomic E-state index is 14.9. The molecule has 0 bridgehead atoms. The van der Waals surface area contributed by atoms with Crippen LogP contribution in [0.2, 0.25) is 0 Å². The Morgan fingerprint density at radius 1 is 0.776 bits per heavy atom. The van der Waals surface area contributed by atoms with Crippen molar-refractivity contribution in [1.82, 2.24) is 14.8 Å². The summed E-state index contributed by atoms with van der Waals surface area (Å²) in [5.74, 6) is -0.997. The molecular weight excluding hydrogens is 858 g/mol. The highest BCUT2D eigenvalue weighted by molar-refractivity contribution is 14.1. The normalized spacial score (nSPS) is 14.1. The number of carbonyl (C=O) groups is 3. The standard InChI is InChI=1S/C45H43F3IN5O4/c1-33(55)54(39-11-7-4-8-12-39)40-21-15-36(16-22-40)31-51(2)43(57)44(49,29-34-9-5-3-6-10-34)53(32-37-13-19-38(20-14-37)52-25-27-58-28-26-52)42(56)24-18-35-17-23-41(50-30-35)45(46,47)48/h3-24,30H,25-29,31-32H2,1-2H3. The van der Waals surface area contributed by atoms with Gasteiger partial charge in [0, 0.05) is 75.9 Å². The van der Waals surface area contributed by atoms with E-state index in [-0.39, 0.29) is 31.3 Å². The van der Waals surface area contributed by atoms with Crippen molar-refractivity contribution in [3.63, 3.8) is 0 Å². The second kappa shape index (κ2) is 18.8. The third-order valence-corrected chi connectivity index (χ3v) is 11.2. The van der Waals surface area contributed by atoms with Crippen LogP contribution >= 0.6 is 22.6 Å². The first-order chi connectivity index (χ1) is 27.8. The van der Waals surface area contributed by atoms with Gasteiger partial charge in [-0.05, 0) is 93.4 Å². The minimum absolute atomic E-state index is 0.0578.